The molecule has 1 aromatic heterocycles. The molecule has 0 atom stereocenters. The lowest BCUT2D eigenvalue weighted by Gasteiger charge is -2.12. The van der Waals surface area contributed by atoms with E-state index < -0.39 is 0 Å². The van der Waals surface area contributed by atoms with Gasteiger partial charge >= 0.3 is 0 Å². The number of hydrogen-bond acceptors (Lipinski definition) is 3. The van der Waals surface area contributed by atoms with Crippen molar-refractivity contribution in [1.82, 2.24) is 4.98 Å². The molecule has 4 heteroatoms. The number of benzene rings is 1. The first-order chi connectivity index (χ1) is 9.47. The Hall–Kier alpha value is -1.94. The Bertz CT molecular complexity index is 621. The molecule has 0 saturated carbocycles. The van der Waals surface area contributed by atoms with Gasteiger partial charge in [-0.3, -0.25) is 0 Å². The molecule has 1 aromatic carbocycles. The fourth-order valence-electron chi connectivity index (χ4n) is 1.80. The number of ether oxygens (including phenoxy) is 1. The summed E-state index contributed by atoms with van der Waals surface area (Å²) in [6.45, 7) is 6.34. The maximum absolute atomic E-state index is 5.89. The normalized spacial score (nSPS) is 10.6. The molecule has 1 heterocycles. The summed E-state index contributed by atoms with van der Waals surface area (Å²) in [7, 11) is 0. The topological polar surface area (TPSA) is 48.1 Å². The summed E-state index contributed by atoms with van der Waals surface area (Å²) in [4.78, 5) is 4.46. The lowest BCUT2D eigenvalue weighted by atomic mass is 10.0. The molecular weight excluding hydrogens is 268 g/mol. The lowest BCUT2D eigenvalue weighted by Crippen LogP contribution is -2.10. The zero-order valence-corrected chi connectivity index (χ0v) is 12.7. The Balaban J connectivity index is 2.25. The van der Waals surface area contributed by atoms with Gasteiger partial charge in [-0.05, 0) is 42.2 Å². The molecule has 0 radical (unpaired) electrons. The molecule has 0 amide bonds. The minimum Gasteiger partial charge on any atom is -0.455 e. The van der Waals surface area contributed by atoms with E-state index in [1.807, 2.05) is 13.0 Å². The van der Waals surface area contributed by atoms with Crippen LogP contribution >= 0.6 is 12.2 Å². The number of nitrogens with zero attached hydrogens (tertiary/aromatic N) is 1. The molecule has 0 aliphatic rings. The van der Waals surface area contributed by atoms with Gasteiger partial charge in [0.25, 0.3) is 0 Å². The highest BCUT2D eigenvalue weighted by Crippen LogP contribution is 2.28. The van der Waals surface area contributed by atoms with Gasteiger partial charge in [0.15, 0.2) is 0 Å². The fourth-order valence-corrected chi connectivity index (χ4v) is 1.92. The van der Waals surface area contributed by atoms with Crippen molar-refractivity contribution in [2.45, 2.75) is 26.7 Å². The van der Waals surface area contributed by atoms with Crippen LogP contribution in [0.3, 0.4) is 0 Å². The fraction of sp³-hybridized carbons (Fsp3) is 0.250. The summed E-state index contributed by atoms with van der Waals surface area (Å²) in [5.41, 5.74) is 8.46. The van der Waals surface area contributed by atoms with E-state index in [1.165, 1.54) is 5.56 Å². The average molecular weight is 286 g/mol. The maximum Gasteiger partial charge on any atom is 0.145 e. The van der Waals surface area contributed by atoms with Crippen LogP contribution in [-0.4, -0.2) is 9.97 Å². The second-order valence-corrected chi connectivity index (χ2v) is 5.46. The molecule has 0 aliphatic carbocycles. The molecule has 0 fully saturated rings. The van der Waals surface area contributed by atoms with Crippen LogP contribution in [0.15, 0.2) is 36.5 Å². The van der Waals surface area contributed by atoms with Crippen molar-refractivity contribution >= 4 is 17.2 Å². The highest BCUT2D eigenvalue weighted by molar-refractivity contribution is 7.80. The largest absolute Gasteiger partial charge is 0.455 e. The molecule has 2 aromatic rings. The van der Waals surface area contributed by atoms with Gasteiger partial charge in [-0.2, -0.15) is 0 Å². The Morgan fingerprint density at radius 2 is 2.00 bits per heavy atom. The third kappa shape index (κ3) is 3.33. The molecule has 104 valence electrons. The minimum atomic E-state index is 0.287. The van der Waals surface area contributed by atoms with Crippen molar-refractivity contribution in [3.8, 4) is 11.5 Å². The SMILES string of the molecule is Cc1ccc(C(C)C)cc1Oc1ccc(C(N)=S)nc1. The molecule has 0 bridgehead atoms. The second-order valence-electron chi connectivity index (χ2n) is 5.03. The first kappa shape index (κ1) is 14.5. The monoisotopic (exact) mass is 286 g/mol. The Labute approximate surface area is 124 Å². The minimum absolute atomic E-state index is 0.287. The summed E-state index contributed by atoms with van der Waals surface area (Å²) in [5.74, 6) is 1.99. The smallest absolute Gasteiger partial charge is 0.145 e. The van der Waals surface area contributed by atoms with Crippen LogP contribution < -0.4 is 10.5 Å². The van der Waals surface area contributed by atoms with Crippen molar-refractivity contribution < 1.29 is 4.74 Å². The summed E-state index contributed by atoms with van der Waals surface area (Å²) in [5, 5.41) is 0. The van der Waals surface area contributed by atoms with Crippen LogP contribution in [0.2, 0.25) is 0 Å². The van der Waals surface area contributed by atoms with E-state index in [2.05, 4.69) is 37.0 Å². The lowest BCUT2D eigenvalue weighted by molar-refractivity contribution is 0.475. The van der Waals surface area contributed by atoms with E-state index in [4.69, 9.17) is 22.7 Å². The number of aryl methyl sites for hydroxylation is 1. The summed E-state index contributed by atoms with van der Waals surface area (Å²) in [6.07, 6.45) is 1.63. The highest BCUT2D eigenvalue weighted by atomic mass is 32.1. The third-order valence-corrected chi connectivity index (χ3v) is 3.30. The summed E-state index contributed by atoms with van der Waals surface area (Å²) >= 11 is 4.88. The Kier molecular flexibility index (Phi) is 4.35. The van der Waals surface area contributed by atoms with E-state index in [9.17, 15) is 0 Å². The molecule has 2 rings (SSSR count). The van der Waals surface area contributed by atoms with Crippen LogP contribution in [0.4, 0.5) is 0 Å². The maximum atomic E-state index is 5.89. The Morgan fingerprint density at radius 1 is 1.25 bits per heavy atom. The van der Waals surface area contributed by atoms with Crippen LogP contribution in [0.25, 0.3) is 0 Å². The number of hydrogen-bond donors (Lipinski definition) is 1. The highest BCUT2D eigenvalue weighted by Gasteiger charge is 2.06. The van der Waals surface area contributed by atoms with Crippen molar-refractivity contribution in [2.24, 2.45) is 5.73 Å². The van der Waals surface area contributed by atoms with Crippen molar-refractivity contribution in [2.75, 3.05) is 0 Å². The van der Waals surface area contributed by atoms with Crippen molar-refractivity contribution in [3.63, 3.8) is 0 Å². The predicted octanol–water partition coefficient (Wildman–Crippen LogP) is 3.94. The van der Waals surface area contributed by atoms with E-state index >= 15 is 0 Å². The molecule has 2 N–H and O–H groups in total. The third-order valence-electron chi connectivity index (χ3n) is 3.10. The molecule has 0 saturated heterocycles. The van der Waals surface area contributed by atoms with Gasteiger partial charge in [-0.1, -0.05) is 38.2 Å². The van der Waals surface area contributed by atoms with E-state index in [0.717, 1.165) is 11.3 Å². The van der Waals surface area contributed by atoms with Gasteiger partial charge in [-0.25, -0.2) is 4.98 Å². The van der Waals surface area contributed by atoms with Gasteiger partial charge in [0, 0.05) is 0 Å². The molecule has 20 heavy (non-hydrogen) atoms. The van der Waals surface area contributed by atoms with Crippen molar-refractivity contribution in [1.29, 1.82) is 0 Å². The van der Waals surface area contributed by atoms with E-state index in [0.29, 0.717) is 17.4 Å². The summed E-state index contributed by atoms with van der Waals surface area (Å²) < 4.78 is 5.89. The molecule has 0 aliphatic heterocycles. The van der Waals surface area contributed by atoms with Gasteiger partial charge in [0.1, 0.15) is 16.5 Å². The van der Waals surface area contributed by atoms with Gasteiger partial charge in [0.2, 0.25) is 0 Å². The van der Waals surface area contributed by atoms with Gasteiger partial charge < -0.3 is 10.5 Å². The molecule has 3 nitrogen and oxygen atoms in total. The summed E-state index contributed by atoms with van der Waals surface area (Å²) in [6, 6.07) is 9.85. The first-order valence-corrected chi connectivity index (χ1v) is 6.92. The molecular formula is C16H18N2OS. The van der Waals surface area contributed by atoms with E-state index in [-0.39, 0.29) is 4.99 Å². The first-order valence-electron chi connectivity index (χ1n) is 6.51. The quantitative estimate of drug-likeness (QED) is 0.865. The van der Waals surface area contributed by atoms with Crippen LogP contribution in [0.5, 0.6) is 11.5 Å². The van der Waals surface area contributed by atoms with Gasteiger partial charge in [-0.15, -0.1) is 0 Å². The number of aromatic nitrogens is 1. The molecule has 0 spiro atoms. The second kappa shape index (κ2) is 6.01. The number of nitrogens with two attached hydrogens (primary N) is 1. The van der Waals surface area contributed by atoms with Crippen LogP contribution in [0, 0.1) is 6.92 Å². The Morgan fingerprint density at radius 3 is 2.55 bits per heavy atom. The van der Waals surface area contributed by atoms with Crippen LogP contribution in [0.1, 0.15) is 36.6 Å². The number of pyridine rings is 1. The van der Waals surface area contributed by atoms with E-state index in [1.54, 1.807) is 12.3 Å². The number of rotatable bonds is 4. The predicted molar refractivity (Wildman–Crippen MR) is 85.5 cm³/mol. The average Bonchev–Trinajstić information content (AvgIpc) is 2.41. The number of thiocarbonyl (C=S) groups is 1. The standard InChI is InChI=1S/C16H18N2OS/c1-10(2)12-5-4-11(3)15(8-12)19-13-6-7-14(16(17)20)18-9-13/h4-10H,1-3H3,(H2,17,20). The zero-order valence-electron chi connectivity index (χ0n) is 11.9. The van der Waals surface area contributed by atoms with Crippen molar-refractivity contribution in [3.05, 3.63) is 53.3 Å². The van der Waals surface area contributed by atoms with Gasteiger partial charge in [0.05, 0.1) is 11.9 Å². The van der Waals surface area contributed by atoms with Crippen LogP contribution in [-0.2, 0) is 0 Å². The molecule has 0 unspecified atom stereocenters. The zero-order chi connectivity index (χ0) is 14.7.